The summed E-state index contributed by atoms with van der Waals surface area (Å²) in [7, 11) is 2.22. The van der Waals surface area contributed by atoms with Crippen molar-refractivity contribution in [3.63, 3.8) is 0 Å². The molecule has 3 atom stereocenters. The van der Waals surface area contributed by atoms with Crippen LogP contribution in [0.25, 0.3) is 0 Å². The van der Waals surface area contributed by atoms with E-state index in [1.54, 1.807) is 11.3 Å². The van der Waals surface area contributed by atoms with Gasteiger partial charge in [-0.05, 0) is 56.1 Å². The monoisotopic (exact) mass is 238 g/mol. The van der Waals surface area contributed by atoms with E-state index in [4.69, 9.17) is 0 Å². The van der Waals surface area contributed by atoms with Crippen LogP contribution in [0.1, 0.15) is 25.8 Å². The number of likely N-dealkylation sites (N-methyl/N-ethyl adjacent to an activating group) is 1. The predicted molar refractivity (Wildman–Crippen MR) is 71.1 cm³/mol. The van der Waals surface area contributed by atoms with E-state index in [0.717, 1.165) is 12.5 Å². The topological polar surface area (TPSA) is 15.3 Å². The third-order valence-electron chi connectivity index (χ3n) is 3.53. The molecule has 1 aromatic heterocycles. The molecule has 2 heterocycles. The van der Waals surface area contributed by atoms with Crippen LogP contribution in [-0.4, -0.2) is 36.6 Å². The molecule has 0 radical (unpaired) electrons. The van der Waals surface area contributed by atoms with Crippen molar-refractivity contribution < 1.29 is 0 Å². The molecule has 0 aromatic carbocycles. The summed E-state index contributed by atoms with van der Waals surface area (Å²) in [4.78, 5) is 2.44. The van der Waals surface area contributed by atoms with Crippen molar-refractivity contribution in [1.29, 1.82) is 0 Å². The Balaban J connectivity index is 1.77. The molecular weight excluding hydrogens is 216 g/mol. The number of rotatable bonds is 4. The number of hydrogen-bond acceptors (Lipinski definition) is 3. The molecule has 1 aliphatic heterocycles. The summed E-state index contributed by atoms with van der Waals surface area (Å²) in [5.41, 5.74) is 1.46. The lowest BCUT2D eigenvalue weighted by Crippen LogP contribution is -2.39. The smallest absolute Gasteiger partial charge is 0.0212 e. The van der Waals surface area contributed by atoms with Crippen LogP contribution < -0.4 is 5.32 Å². The SMILES string of the molecule is CC(Cc1ccsc1)NC1CC(C)N(C)C1. The Labute approximate surface area is 103 Å². The average Bonchev–Trinajstić information content (AvgIpc) is 2.78. The van der Waals surface area contributed by atoms with Gasteiger partial charge in [-0.3, -0.25) is 0 Å². The largest absolute Gasteiger partial charge is 0.310 e. The summed E-state index contributed by atoms with van der Waals surface area (Å²) >= 11 is 1.79. The molecule has 2 rings (SSSR count). The summed E-state index contributed by atoms with van der Waals surface area (Å²) in [6, 6.07) is 4.21. The molecule has 2 nitrogen and oxygen atoms in total. The van der Waals surface area contributed by atoms with E-state index >= 15 is 0 Å². The van der Waals surface area contributed by atoms with Crippen LogP contribution >= 0.6 is 11.3 Å². The molecule has 3 heteroatoms. The van der Waals surface area contributed by atoms with Gasteiger partial charge in [0, 0.05) is 24.7 Å². The second kappa shape index (κ2) is 5.30. The molecule has 1 aliphatic rings. The molecule has 16 heavy (non-hydrogen) atoms. The van der Waals surface area contributed by atoms with E-state index in [-0.39, 0.29) is 0 Å². The van der Waals surface area contributed by atoms with Crippen LogP contribution in [-0.2, 0) is 6.42 Å². The van der Waals surface area contributed by atoms with Gasteiger partial charge in [0.25, 0.3) is 0 Å². The van der Waals surface area contributed by atoms with Crippen LogP contribution in [0.2, 0.25) is 0 Å². The van der Waals surface area contributed by atoms with E-state index in [9.17, 15) is 0 Å². The fraction of sp³-hybridized carbons (Fsp3) is 0.692. The van der Waals surface area contributed by atoms with E-state index < -0.39 is 0 Å². The minimum absolute atomic E-state index is 0.582. The second-order valence-electron chi connectivity index (χ2n) is 5.12. The van der Waals surface area contributed by atoms with Crippen LogP contribution in [0.3, 0.4) is 0 Å². The zero-order valence-corrected chi connectivity index (χ0v) is 11.3. The maximum absolute atomic E-state index is 3.74. The Morgan fingerprint density at radius 1 is 1.62 bits per heavy atom. The predicted octanol–water partition coefficient (Wildman–Crippen LogP) is 2.36. The number of likely N-dealkylation sites (tertiary alicyclic amines) is 1. The second-order valence-corrected chi connectivity index (χ2v) is 5.90. The van der Waals surface area contributed by atoms with Gasteiger partial charge in [-0.1, -0.05) is 0 Å². The molecule has 0 saturated carbocycles. The molecule has 1 N–H and O–H groups in total. The van der Waals surface area contributed by atoms with Crippen molar-refractivity contribution in [1.82, 2.24) is 10.2 Å². The van der Waals surface area contributed by atoms with Gasteiger partial charge >= 0.3 is 0 Å². The Morgan fingerprint density at radius 2 is 2.44 bits per heavy atom. The Bertz CT molecular complexity index is 300. The summed E-state index contributed by atoms with van der Waals surface area (Å²) in [5, 5.41) is 8.15. The molecule has 0 bridgehead atoms. The van der Waals surface area contributed by atoms with Crippen molar-refractivity contribution in [2.75, 3.05) is 13.6 Å². The van der Waals surface area contributed by atoms with Crippen LogP contribution in [0, 0.1) is 0 Å². The van der Waals surface area contributed by atoms with Gasteiger partial charge in [-0.2, -0.15) is 11.3 Å². The summed E-state index contributed by atoms with van der Waals surface area (Å²) in [6.07, 6.45) is 2.43. The highest BCUT2D eigenvalue weighted by Gasteiger charge is 2.26. The molecular formula is C13H22N2S. The maximum Gasteiger partial charge on any atom is 0.0212 e. The molecule has 0 amide bonds. The number of nitrogens with one attached hydrogen (secondary N) is 1. The Kier molecular flexibility index (Phi) is 4.00. The number of nitrogens with zero attached hydrogens (tertiary/aromatic N) is 1. The lowest BCUT2D eigenvalue weighted by molar-refractivity contribution is 0.324. The van der Waals surface area contributed by atoms with Crippen molar-refractivity contribution >= 4 is 11.3 Å². The fourth-order valence-electron chi connectivity index (χ4n) is 2.54. The average molecular weight is 238 g/mol. The molecule has 0 aliphatic carbocycles. The van der Waals surface area contributed by atoms with Gasteiger partial charge in [0.05, 0.1) is 0 Å². The third-order valence-corrected chi connectivity index (χ3v) is 4.26. The minimum atomic E-state index is 0.582. The molecule has 90 valence electrons. The van der Waals surface area contributed by atoms with Crippen molar-refractivity contribution in [2.24, 2.45) is 0 Å². The molecule has 1 aromatic rings. The Morgan fingerprint density at radius 3 is 3.00 bits per heavy atom. The molecule has 1 saturated heterocycles. The van der Waals surface area contributed by atoms with Gasteiger partial charge in [-0.25, -0.2) is 0 Å². The van der Waals surface area contributed by atoms with Crippen LogP contribution in [0.5, 0.6) is 0 Å². The highest BCUT2D eigenvalue weighted by Crippen LogP contribution is 2.16. The third kappa shape index (κ3) is 3.06. The minimum Gasteiger partial charge on any atom is -0.310 e. The van der Waals surface area contributed by atoms with Gasteiger partial charge in [0.2, 0.25) is 0 Å². The van der Waals surface area contributed by atoms with E-state index in [2.05, 4.69) is 47.9 Å². The summed E-state index contributed by atoms with van der Waals surface area (Å²) in [6.45, 7) is 5.79. The number of thiophene rings is 1. The molecule has 3 unspecified atom stereocenters. The lowest BCUT2D eigenvalue weighted by Gasteiger charge is -2.18. The van der Waals surface area contributed by atoms with Crippen molar-refractivity contribution in [2.45, 2.75) is 44.8 Å². The number of hydrogen-bond donors (Lipinski definition) is 1. The van der Waals surface area contributed by atoms with Crippen LogP contribution in [0.4, 0.5) is 0 Å². The van der Waals surface area contributed by atoms with Gasteiger partial charge in [0.1, 0.15) is 0 Å². The quantitative estimate of drug-likeness (QED) is 0.866. The van der Waals surface area contributed by atoms with E-state index in [1.165, 1.54) is 18.5 Å². The first-order valence-corrected chi connectivity index (χ1v) is 7.07. The van der Waals surface area contributed by atoms with Crippen molar-refractivity contribution in [3.05, 3.63) is 22.4 Å². The van der Waals surface area contributed by atoms with Gasteiger partial charge in [-0.15, -0.1) is 0 Å². The van der Waals surface area contributed by atoms with E-state index in [0.29, 0.717) is 12.1 Å². The van der Waals surface area contributed by atoms with Crippen molar-refractivity contribution in [3.8, 4) is 0 Å². The lowest BCUT2D eigenvalue weighted by atomic mass is 10.1. The molecule has 0 spiro atoms. The first kappa shape index (κ1) is 12.1. The standard InChI is InChI=1S/C13H22N2S/c1-10(6-12-4-5-16-9-12)14-13-7-11(2)15(3)8-13/h4-5,9-11,13-14H,6-8H2,1-3H3. The maximum atomic E-state index is 3.74. The summed E-state index contributed by atoms with van der Waals surface area (Å²) in [5.74, 6) is 0. The first-order chi connectivity index (χ1) is 7.65. The molecule has 1 fully saturated rings. The first-order valence-electron chi connectivity index (χ1n) is 6.12. The Hall–Kier alpha value is -0.380. The summed E-state index contributed by atoms with van der Waals surface area (Å²) < 4.78 is 0. The highest BCUT2D eigenvalue weighted by molar-refractivity contribution is 7.07. The normalized spacial score (nSPS) is 28.4. The zero-order chi connectivity index (χ0) is 11.5. The zero-order valence-electron chi connectivity index (χ0n) is 10.4. The van der Waals surface area contributed by atoms with Gasteiger partial charge in [0.15, 0.2) is 0 Å². The highest BCUT2D eigenvalue weighted by atomic mass is 32.1. The van der Waals surface area contributed by atoms with Crippen LogP contribution in [0.15, 0.2) is 16.8 Å². The fourth-order valence-corrected chi connectivity index (χ4v) is 3.22. The van der Waals surface area contributed by atoms with E-state index in [1.807, 2.05) is 0 Å². The van der Waals surface area contributed by atoms with Gasteiger partial charge < -0.3 is 10.2 Å².